The molecule has 1 nitrogen and oxygen atoms in total. The van der Waals surface area contributed by atoms with Crippen molar-refractivity contribution in [3.8, 4) is 0 Å². The minimum atomic E-state index is 0.111. The van der Waals surface area contributed by atoms with E-state index in [2.05, 4.69) is 6.92 Å². The number of ketones is 1. The third-order valence-corrected chi connectivity index (χ3v) is 1.38. The van der Waals surface area contributed by atoms with Crippen LogP contribution in [-0.4, -0.2) is 5.78 Å². The van der Waals surface area contributed by atoms with Gasteiger partial charge in [-0.2, -0.15) is 0 Å². The molecule has 1 unspecified atom stereocenters. The first-order valence-electron chi connectivity index (χ1n) is 3.18. The van der Waals surface area contributed by atoms with Crippen molar-refractivity contribution >= 4 is 5.78 Å². The highest BCUT2D eigenvalue weighted by molar-refractivity contribution is 5.99. The number of carbonyl (C=O) groups excluding carboxylic acids is 1. The zero-order chi connectivity index (χ0) is 6.69. The van der Waals surface area contributed by atoms with Crippen LogP contribution in [0.1, 0.15) is 13.3 Å². The molecule has 0 fully saturated rings. The van der Waals surface area contributed by atoms with Gasteiger partial charge in [-0.3, -0.25) is 4.79 Å². The predicted molar refractivity (Wildman–Crippen MR) is 37.1 cm³/mol. The normalized spacial score (nSPS) is 26.3. The van der Waals surface area contributed by atoms with Crippen molar-refractivity contribution in [2.24, 2.45) is 5.92 Å². The summed E-state index contributed by atoms with van der Waals surface area (Å²) >= 11 is 0. The SMILES string of the molecule is CC1C=CC(=O)C=CC1. The number of allylic oxidation sites excluding steroid dienone is 4. The first kappa shape index (κ1) is 6.27. The molecule has 0 saturated carbocycles. The molecule has 48 valence electrons. The summed E-state index contributed by atoms with van der Waals surface area (Å²) in [4.78, 5) is 10.7. The Hall–Kier alpha value is -0.850. The van der Waals surface area contributed by atoms with Gasteiger partial charge in [-0.05, 0) is 24.5 Å². The van der Waals surface area contributed by atoms with Gasteiger partial charge in [0.15, 0.2) is 5.78 Å². The standard InChI is InChI=1S/C8H10O/c1-7-3-2-4-8(9)6-5-7/h2,4-7H,3H2,1H3. The summed E-state index contributed by atoms with van der Waals surface area (Å²) in [6, 6.07) is 0. The van der Waals surface area contributed by atoms with Gasteiger partial charge in [0.25, 0.3) is 0 Å². The molecule has 1 aliphatic rings. The van der Waals surface area contributed by atoms with Crippen molar-refractivity contribution in [1.82, 2.24) is 0 Å². The second-order valence-corrected chi connectivity index (χ2v) is 2.38. The molecule has 0 aromatic carbocycles. The smallest absolute Gasteiger partial charge is 0.178 e. The lowest BCUT2D eigenvalue weighted by Crippen LogP contribution is -1.83. The number of carbonyl (C=O) groups is 1. The second kappa shape index (κ2) is 2.62. The van der Waals surface area contributed by atoms with Crippen LogP contribution in [0.4, 0.5) is 0 Å². The third kappa shape index (κ3) is 1.84. The molecule has 0 N–H and O–H groups in total. The topological polar surface area (TPSA) is 17.1 Å². The van der Waals surface area contributed by atoms with Crippen LogP contribution >= 0.6 is 0 Å². The van der Waals surface area contributed by atoms with Gasteiger partial charge in [0.2, 0.25) is 0 Å². The number of hydrogen-bond donors (Lipinski definition) is 0. The molecule has 0 aromatic heterocycles. The zero-order valence-electron chi connectivity index (χ0n) is 5.50. The molecule has 0 heterocycles. The number of rotatable bonds is 0. The van der Waals surface area contributed by atoms with Crippen molar-refractivity contribution in [1.29, 1.82) is 0 Å². The van der Waals surface area contributed by atoms with Crippen molar-refractivity contribution in [2.75, 3.05) is 0 Å². The average Bonchev–Trinajstić information content (AvgIpc) is 1.97. The Bertz CT molecular complexity index is 165. The Morgan fingerprint density at radius 3 is 3.11 bits per heavy atom. The van der Waals surface area contributed by atoms with E-state index in [-0.39, 0.29) is 5.78 Å². The minimum absolute atomic E-state index is 0.111. The van der Waals surface area contributed by atoms with Crippen LogP contribution in [-0.2, 0) is 4.79 Å². The zero-order valence-corrected chi connectivity index (χ0v) is 5.50. The maximum Gasteiger partial charge on any atom is 0.178 e. The molecule has 0 saturated heterocycles. The first-order valence-corrected chi connectivity index (χ1v) is 3.18. The van der Waals surface area contributed by atoms with Crippen LogP contribution in [0.25, 0.3) is 0 Å². The van der Waals surface area contributed by atoms with Crippen molar-refractivity contribution in [3.05, 3.63) is 24.3 Å². The Morgan fingerprint density at radius 1 is 1.56 bits per heavy atom. The van der Waals surface area contributed by atoms with Crippen LogP contribution in [0, 0.1) is 5.92 Å². The maximum atomic E-state index is 10.7. The molecule has 0 amide bonds. The van der Waals surface area contributed by atoms with E-state index < -0.39 is 0 Å². The molecule has 1 aliphatic carbocycles. The fourth-order valence-electron chi connectivity index (χ4n) is 0.792. The molecular weight excluding hydrogens is 112 g/mol. The van der Waals surface area contributed by atoms with E-state index in [4.69, 9.17) is 0 Å². The lowest BCUT2D eigenvalue weighted by atomic mass is 10.1. The van der Waals surface area contributed by atoms with E-state index in [9.17, 15) is 4.79 Å². The molecular formula is C8H10O. The van der Waals surface area contributed by atoms with E-state index in [0.717, 1.165) is 6.42 Å². The van der Waals surface area contributed by atoms with Crippen molar-refractivity contribution < 1.29 is 4.79 Å². The van der Waals surface area contributed by atoms with E-state index in [1.54, 1.807) is 12.2 Å². The quantitative estimate of drug-likeness (QED) is 0.478. The largest absolute Gasteiger partial charge is 0.290 e. The average molecular weight is 122 g/mol. The highest BCUT2D eigenvalue weighted by atomic mass is 16.1. The van der Waals surface area contributed by atoms with Gasteiger partial charge in [0, 0.05) is 0 Å². The van der Waals surface area contributed by atoms with Gasteiger partial charge in [0.05, 0.1) is 0 Å². The number of hydrogen-bond acceptors (Lipinski definition) is 1. The Balaban J connectivity index is 2.69. The second-order valence-electron chi connectivity index (χ2n) is 2.38. The highest BCUT2D eigenvalue weighted by Crippen LogP contribution is 2.07. The minimum Gasteiger partial charge on any atom is -0.290 e. The molecule has 0 spiro atoms. The highest BCUT2D eigenvalue weighted by Gasteiger charge is 1.98. The summed E-state index contributed by atoms with van der Waals surface area (Å²) in [5.74, 6) is 0.632. The Labute approximate surface area is 55.1 Å². The van der Waals surface area contributed by atoms with Gasteiger partial charge in [-0.1, -0.05) is 19.1 Å². The van der Waals surface area contributed by atoms with Gasteiger partial charge >= 0.3 is 0 Å². The molecule has 1 heteroatoms. The van der Waals surface area contributed by atoms with Crippen molar-refractivity contribution in [2.45, 2.75) is 13.3 Å². The van der Waals surface area contributed by atoms with Crippen molar-refractivity contribution in [3.63, 3.8) is 0 Å². The van der Waals surface area contributed by atoms with Crippen LogP contribution in [0.2, 0.25) is 0 Å². The molecule has 0 bridgehead atoms. The predicted octanol–water partition coefficient (Wildman–Crippen LogP) is 1.71. The summed E-state index contributed by atoms with van der Waals surface area (Å²) in [5.41, 5.74) is 0. The van der Waals surface area contributed by atoms with E-state index >= 15 is 0 Å². The molecule has 1 rings (SSSR count). The Morgan fingerprint density at radius 2 is 2.33 bits per heavy atom. The van der Waals surface area contributed by atoms with E-state index in [1.165, 1.54) is 0 Å². The third-order valence-electron chi connectivity index (χ3n) is 1.38. The summed E-state index contributed by atoms with van der Waals surface area (Å²) in [7, 11) is 0. The van der Waals surface area contributed by atoms with Crippen LogP contribution in [0.15, 0.2) is 24.3 Å². The lowest BCUT2D eigenvalue weighted by Gasteiger charge is -1.95. The first-order chi connectivity index (χ1) is 4.29. The monoisotopic (exact) mass is 122 g/mol. The molecule has 0 aliphatic heterocycles. The van der Waals surface area contributed by atoms with Crippen LogP contribution in [0.3, 0.4) is 0 Å². The fraction of sp³-hybridized carbons (Fsp3) is 0.375. The molecule has 0 aromatic rings. The summed E-state index contributed by atoms with van der Waals surface area (Å²) in [6.45, 7) is 2.10. The van der Waals surface area contributed by atoms with Crippen LogP contribution < -0.4 is 0 Å². The lowest BCUT2D eigenvalue weighted by molar-refractivity contribution is -0.110. The summed E-state index contributed by atoms with van der Waals surface area (Å²) in [6.07, 6.45) is 8.12. The van der Waals surface area contributed by atoms with Gasteiger partial charge in [-0.25, -0.2) is 0 Å². The van der Waals surface area contributed by atoms with E-state index in [1.807, 2.05) is 12.2 Å². The molecule has 1 atom stereocenters. The summed E-state index contributed by atoms with van der Waals surface area (Å²) in [5, 5.41) is 0. The fourth-order valence-corrected chi connectivity index (χ4v) is 0.792. The summed E-state index contributed by atoms with van der Waals surface area (Å²) < 4.78 is 0. The maximum absolute atomic E-state index is 10.7. The van der Waals surface area contributed by atoms with Gasteiger partial charge < -0.3 is 0 Å². The van der Waals surface area contributed by atoms with Gasteiger partial charge in [0.1, 0.15) is 0 Å². The van der Waals surface area contributed by atoms with Gasteiger partial charge in [-0.15, -0.1) is 0 Å². The molecule has 9 heavy (non-hydrogen) atoms. The van der Waals surface area contributed by atoms with Crippen LogP contribution in [0.5, 0.6) is 0 Å². The molecule has 0 radical (unpaired) electrons. The van der Waals surface area contributed by atoms with E-state index in [0.29, 0.717) is 5.92 Å². The Kier molecular flexibility index (Phi) is 1.83.